The molecule has 138 valence electrons. The Morgan fingerprint density at radius 1 is 1.27 bits per heavy atom. The number of hydrogen-bond donors (Lipinski definition) is 2. The highest BCUT2D eigenvalue weighted by Crippen LogP contribution is 2.23. The minimum Gasteiger partial charge on any atom is -0.354 e. The predicted octanol–water partition coefficient (Wildman–Crippen LogP) is 2.70. The van der Waals surface area contributed by atoms with Gasteiger partial charge < -0.3 is 10.6 Å². The third-order valence-electron chi connectivity index (χ3n) is 4.72. The highest BCUT2D eigenvalue weighted by Gasteiger charge is 2.26. The molecule has 1 unspecified atom stereocenters. The molecule has 26 heavy (non-hydrogen) atoms. The molecule has 1 aliphatic heterocycles. The Balaban J connectivity index is 1.88. The number of nitrogens with one attached hydrogen (secondary N) is 2. The number of nitrogens with zero attached hydrogens (tertiary/aromatic N) is 2. The Labute approximate surface area is 154 Å². The van der Waals surface area contributed by atoms with E-state index in [4.69, 9.17) is 0 Å². The second-order valence-corrected chi connectivity index (χ2v) is 7.16. The molecule has 0 saturated carbocycles. The van der Waals surface area contributed by atoms with Gasteiger partial charge in [0.25, 0.3) is 5.91 Å². The second-order valence-electron chi connectivity index (χ2n) is 7.16. The Kier molecular flexibility index (Phi) is 5.40. The van der Waals surface area contributed by atoms with Crippen LogP contribution in [0.5, 0.6) is 0 Å². The zero-order valence-electron chi connectivity index (χ0n) is 15.6. The molecule has 2 N–H and O–H groups in total. The van der Waals surface area contributed by atoms with Gasteiger partial charge in [-0.15, -0.1) is 0 Å². The van der Waals surface area contributed by atoms with Crippen LogP contribution in [0.1, 0.15) is 60.6 Å². The first kappa shape index (κ1) is 18.2. The van der Waals surface area contributed by atoms with Crippen molar-refractivity contribution in [1.82, 2.24) is 20.4 Å². The van der Waals surface area contributed by atoms with Gasteiger partial charge in [-0.2, -0.15) is 5.10 Å². The maximum atomic E-state index is 12.9. The summed E-state index contributed by atoms with van der Waals surface area (Å²) in [6, 6.07) is 7.56. The fraction of sp³-hybridized carbons (Fsp3) is 0.450. The molecule has 0 aliphatic carbocycles. The van der Waals surface area contributed by atoms with E-state index in [-0.39, 0.29) is 17.7 Å². The summed E-state index contributed by atoms with van der Waals surface area (Å²) < 4.78 is 1.81. The molecule has 3 rings (SSSR count). The zero-order chi connectivity index (χ0) is 18.7. The lowest BCUT2D eigenvalue weighted by molar-refractivity contribution is -0.122. The summed E-state index contributed by atoms with van der Waals surface area (Å²) in [5.41, 5.74) is 3.47. The van der Waals surface area contributed by atoms with Crippen LogP contribution in [0.2, 0.25) is 0 Å². The molecule has 1 aliphatic rings. The number of aryl methyl sites for hydroxylation is 1. The predicted molar refractivity (Wildman–Crippen MR) is 101 cm³/mol. The first-order valence-corrected chi connectivity index (χ1v) is 9.21. The lowest BCUT2D eigenvalue weighted by Crippen LogP contribution is -2.45. The average molecular weight is 354 g/mol. The molecule has 1 saturated heterocycles. The van der Waals surface area contributed by atoms with Gasteiger partial charge in [0, 0.05) is 6.54 Å². The Bertz CT molecular complexity index is 793. The quantitative estimate of drug-likeness (QED) is 0.886. The normalized spacial score (nSPS) is 17.7. The molecule has 0 spiro atoms. The van der Waals surface area contributed by atoms with Crippen molar-refractivity contribution >= 4 is 11.8 Å². The standard InChI is InChI=1S/C20H26N4O2/c1-13(2)18-16(12-22-24(18)15-9-7-14(3)8-10-15)19(25)23-17-6-4-5-11-21-20(17)26/h7-10,12-13,17H,4-6,11H2,1-3H3,(H,21,26)(H,23,25). The summed E-state index contributed by atoms with van der Waals surface area (Å²) in [4.78, 5) is 25.0. The van der Waals surface area contributed by atoms with Gasteiger partial charge in [0.15, 0.2) is 0 Å². The van der Waals surface area contributed by atoms with Crippen LogP contribution in [0.4, 0.5) is 0 Å². The summed E-state index contributed by atoms with van der Waals surface area (Å²) in [5.74, 6) is -0.232. The van der Waals surface area contributed by atoms with Crippen LogP contribution in [0.15, 0.2) is 30.5 Å². The Hall–Kier alpha value is -2.63. The molecule has 1 fully saturated rings. The molecular weight excluding hydrogens is 328 g/mol. The van der Waals surface area contributed by atoms with Crippen molar-refractivity contribution in [3.05, 3.63) is 47.3 Å². The fourth-order valence-electron chi connectivity index (χ4n) is 3.29. The van der Waals surface area contributed by atoms with Crippen LogP contribution in [-0.4, -0.2) is 34.2 Å². The van der Waals surface area contributed by atoms with Crippen molar-refractivity contribution < 1.29 is 9.59 Å². The van der Waals surface area contributed by atoms with Gasteiger partial charge in [0.1, 0.15) is 6.04 Å². The summed E-state index contributed by atoms with van der Waals surface area (Å²) in [5, 5.41) is 10.2. The number of benzene rings is 1. The van der Waals surface area contributed by atoms with Crippen LogP contribution < -0.4 is 10.6 Å². The highest BCUT2D eigenvalue weighted by atomic mass is 16.2. The van der Waals surface area contributed by atoms with E-state index in [1.54, 1.807) is 6.20 Å². The average Bonchev–Trinajstić information content (AvgIpc) is 2.96. The van der Waals surface area contributed by atoms with Gasteiger partial charge in [-0.1, -0.05) is 31.5 Å². The minimum absolute atomic E-state index is 0.104. The van der Waals surface area contributed by atoms with E-state index >= 15 is 0 Å². The third-order valence-corrected chi connectivity index (χ3v) is 4.72. The number of hydrogen-bond acceptors (Lipinski definition) is 3. The smallest absolute Gasteiger partial charge is 0.255 e. The molecule has 6 heteroatoms. The van der Waals surface area contributed by atoms with Crippen molar-refractivity contribution in [3.8, 4) is 5.69 Å². The minimum atomic E-state index is -0.479. The van der Waals surface area contributed by atoms with E-state index in [1.165, 1.54) is 5.56 Å². The van der Waals surface area contributed by atoms with Crippen LogP contribution in [0, 0.1) is 6.92 Å². The van der Waals surface area contributed by atoms with Gasteiger partial charge in [-0.25, -0.2) is 4.68 Å². The van der Waals surface area contributed by atoms with Gasteiger partial charge >= 0.3 is 0 Å². The number of carbonyl (C=O) groups excluding carboxylic acids is 2. The maximum Gasteiger partial charge on any atom is 0.255 e. The van der Waals surface area contributed by atoms with Crippen molar-refractivity contribution in [2.45, 2.75) is 52.0 Å². The monoisotopic (exact) mass is 354 g/mol. The van der Waals surface area contributed by atoms with Crippen molar-refractivity contribution in [3.63, 3.8) is 0 Å². The molecule has 6 nitrogen and oxygen atoms in total. The van der Waals surface area contributed by atoms with Gasteiger partial charge in [0.05, 0.1) is 23.1 Å². The molecule has 0 bridgehead atoms. The second kappa shape index (κ2) is 7.72. The lowest BCUT2D eigenvalue weighted by atomic mass is 10.0. The van der Waals surface area contributed by atoms with Crippen LogP contribution >= 0.6 is 0 Å². The number of aromatic nitrogens is 2. The topological polar surface area (TPSA) is 76.0 Å². The van der Waals surface area contributed by atoms with Crippen LogP contribution in [0.3, 0.4) is 0 Å². The van der Waals surface area contributed by atoms with E-state index in [2.05, 4.69) is 15.7 Å². The number of amides is 2. The van der Waals surface area contributed by atoms with Crippen molar-refractivity contribution in [1.29, 1.82) is 0 Å². The van der Waals surface area contributed by atoms with E-state index in [0.717, 1.165) is 24.2 Å². The molecule has 1 atom stereocenters. The first-order valence-electron chi connectivity index (χ1n) is 9.21. The third kappa shape index (κ3) is 3.79. The largest absolute Gasteiger partial charge is 0.354 e. The van der Waals surface area contributed by atoms with Gasteiger partial charge in [0.2, 0.25) is 5.91 Å². The molecule has 2 aromatic rings. The van der Waals surface area contributed by atoms with Crippen LogP contribution in [-0.2, 0) is 4.79 Å². The first-order chi connectivity index (χ1) is 12.5. The van der Waals surface area contributed by atoms with Gasteiger partial charge in [-0.3, -0.25) is 9.59 Å². The van der Waals surface area contributed by atoms with Crippen molar-refractivity contribution in [2.75, 3.05) is 6.54 Å². The molecule has 1 aromatic heterocycles. The fourth-order valence-corrected chi connectivity index (χ4v) is 3.29. The van der Waals surface area contributed by atoms with Crippen LogP contribution in [0.25, 0.3) is 5.69 Å². The van der Waals surface area contributed by atoms with Crippen molar-refractivity contribution in [2.24, 2.45) is 0 Å². The molecule has 0 radical (unpaired) electrons. The Morgan fingerprint density at radius 2 is 2.00 bits per heavy atom. The summed E-state index contributed by atoms with van der Waals surface area (Å²) in [6.45, 7) is 6.79. The molecule has 1 aromatic carbocycles. The number of rotatable bonds is 4. The number of carbonyl (C=O) groups is 2. The Morgan fingerprint density at radius 3 is 2.69 bits per heavy atom. The zero-order valence-corrected chi connectivity index (χ0v) is 15.6. The molecule has 2 heterocycles. The molecule has 2 amide bonds. The van der Waals surface area contributed by atoms with E-state index in [0.29, 0.717) is 18.5 Å². The van der Waals surface area contributed by atoms with Gasteiger partial charge in [-0.05, 0) is 44.2 Å². The van der Waals surface area contributed by atoms with E-state index in [9.17, 15) is 9.59 Å². The maximum absolute atomic E-state index is 12.9. The summed E-state index contributed by atoms with van der Waals surface area (Å²) >= 11 is 0. The molecular formula is C20H26N4O2. The van der Waals surface area contributed by atoms with E-state index in [1.807, 2.05) is 49.7 Å². The SMILES string of the molecule is Cc1ccc(-n2ncc(C(=O)NC3CCCCNC3=O)c2C(C)C)cc1. The summed E-state index contributed by atoms with van der Waals surface area (Å²) in [6.07, 6.45) is 4.13. The lowest BCUT2D eigenvalue weighted by Gasteiger charge is -2.17. The highest BCUT2D eigenvalue weighted by molar-refractivity contribution is 5.98. The van der Waals surface area contributed by atoms with E-state index < -0.39 is 6.04 Å². The summed E-state index contributed by atoms with van der Waals surface area (Å²) in [7, 11) is 0.